The van der Waals surface area contributed by atoms with Gasteiger partial charge in [0.05, 0.1) is 9.95 Å². The van der Waals surface area contributed by atoms with Crippen molar-refractivity contribution in [3.8, 4) is 11.3 Å². The van der Waals surface area contributed by atoms with Gasteiger partial charge in [-0.2, -0.15) is 0 Å². The van der Waals surface area contributed by atoms with Crippen molar-refractivity contribution >= 4 is 29.5 Å². The molecular weight excluding hydrogens is 300 g/mol. The second-order valence-electron chi connectivity index (χ2n) is 3.94. The zero-order valence-corrected chi connectivity index (χ0v) is 11.5. The van der Waals surface area contributed by atoms with Gasteiger partial charge in [-0.15, -0.1) is 0 Å². The van der Waals surface area contributed by atoms with Gasteiger partial charge in [0.25, 0.3) is 5.69 Å². The number of furan rings is 1. The number of oxime groups is 1. The van der Waals surface area contributed by atoms with Crippen molar-refractivity contribution in [2.24, 2.45) is 5.16 Å². The molecule has 0 aliphatic heterocycles. The van der Waals surface area contributed by atoms with Crippen molar-refractivity contribution in [2.45, 2.75) is 6.92 Å². The van der Waals surface area contributed by atoms with Crippen LogP contribution in [0.25, 0.3) is 11.3 Å². The van der Waals surface area contributed by atoms with Crippen LogP contribution in [0.15, 0.2) is 39.9 Å². The number of nitrogens with zero attached hydrogens (tertiary/aromatic N) is 2. The summed E-state index contributed by atoms with van der Waals surface area (Å²) in [5.41, 5.74) is 0.291. The van der Waals surface area contributed by atoms with Crippen LogP contribution in [0.2, 0.25) is 5.02 Å². The molecule has 2 aromatic rings. The molecule has 8 heteroatoms. The molecule has 0 amide bonds. The summed E-state index contributed by atoms with van der Waals surface area (Å²) >= 11 is 6.01. The highest BCUT2D eigenvalue weighted by atomic mass is 35.5. The molecule has 0 aliphatic rings. The number of hydrogen-bond acceptors (Lipinski definition) is 6. The number of carbonyl (C=O) groups is 1. The van der Waals surface area contributed by atoms with E-state index in [1.54, 1.807) is 12.1 Å². The van der Waals surface area contributed by atoms with E-state index in [9.17, 15) is 14.9 Å². The highest BCUT2D eigenvalue weighted by molar-refractivity contribution is 6.33. The minimum atomic E-state index is -0.556. The maximum atomic E-state index is 10.8. The molecule has 0 spiro atoms. The van der Waals surface area contributed by atoms with Crippen molar-refractivity contribution in [1.29, 1.82) is 0 Å². The first-order chi connectivity index (χ1) is 9.97. The van der Waals surface area contributed by atoms with E-state index in [-0.39, 0.29) is 5.69 Å². The van der Waals surface area contributed by atoms with Crippen LogP contribution in [0, 0.1) is 10.1 Å². The Morgan fingerprint density at radius 1 is 1.43 bits per heavy atom. The predicted octanol–water partition coefficient (Wildman–Crippen LogP) is 3.41. The molecule has 0 atom stereocenters. The van der Waals surface area contributed by atoms with Crippen molar-refractivity contribution in [3.05, 3.63) is 51.2 Å². The summed E-state index contributed by atoms with van der Waals surface area (Å²) in [5, 5.41) is 14.5. The molecule has 2 rings (SSSR count). The van der Waals surface area contributed by atoms with E-state index < -0.39 is 10.9 Å². The molecule has 0 fully saturated rings. The first-order valence-corrected chi connectivity index (χ1v) is 6.10. The largest absolute Gasteiger partial charge is 0.455 e. The van der Waals surface area contributed by atoms with Crippen LogP contribution in [0.5, 0.6) is 0 Å². The normalized spacial score (nSPS) is 10.8. The first kappa shape index (κ1) is 14.7. The topological polar surface area (TPSA) is 94.9 Å². The molecule has 108 valence electrons. The standard InChI is InChI=1S/C13H9ClN2O5/c1-8(17)21-15-7-10-3-5-13(20-10)11-6-9(16(18)19)2-4-12(11)14/h2-7H,1H3/b15-7-. The number of halogens is 1. The Labute approximate surface area is 123 Å². The summed E-state index contributed by atoms with van der Waals surface area (Å²) in [6.07, 6.45) is 1.20. The van der Waals surface area contributed by atoms with E-state index in [2.05, 4.69) is 9.99 Å². The average molecular weight is 309 g/mol. The molecule has 0 saturated carbocycles. The van der Waals surface area contributed by atoms with Gasteiger partial charge in [0.2, 0.25) is 0 Å². The summed E-state index contributed by atoms with van der Waals surface area (Å²) < 4.78 is 5.42. The third-order valence-electron chi connectivity index (χ3n) is 2.41. The number of hydrogen-bond donors (Lipinski definition) is 0. The highest BCUT2D eigenvalue weighted by Gasteiger charge is 2.14. The van der Waals surface area contributed by atoms with Gasteiger partial charge in [-0.05, 0) is 18.2 Å². The van der Waals surface area contributed by atoms with E-state index in [0.29, 0.717) is 22.1 Å². The Morgan fingerprint density at radius 2 is 2.19 bits per heavy atom. The Balaban J connectivity index is 2.29. The number of nitro groups is 1. The van der Waals surface area contributed by atoms with Crippen molar-refractivity contribution in [2.75, 3.05) is 0 Å². The summed E-state index contributed by atoms with van der Waals surface area (Å²) in [5.74, 6) is 0.0987. The fourth-order valence-electron chi connectivity index (χ4n) is 1.54. The van der Waals surface area contributed by atoms with Crippen LogP contribution < -0.4 is 0 Å². The Bertz CT molecular complexity index is 723. The van der Waals surface area contributed by atoms with Gasteiger partial charge in [0, 0.05) is 24.6 Å². The Morgan fingerprint density at radius 3 is 2.86 bits per heavy atom. The Kier molecular flexibility index (Phi) is 4.34. The van der Waals surface area contributed by atoms with E-state index in [0.717, 1.165) is 0 Å². The van der Waals surface area contributed by atoms with Gasteiger partial charge < -0.3 is 9.25 Å². The summed E-state index contributed by atoms with van der Waals surface area (Å²) in [7, 11) is 0. The third kappa shape index (κ3) is 3.67. The second-order valence-corrected chi connectivity index (χ2v) is 4.35. The molecule has 1 aromatic carbocycles. The van der Waals surface area contributed by atoms with E-state index in [4.69, 9.17) is 16.0 Å². The molecule has 1 heterocycles. The number of nitro benzene ring substituents is 1. The summed E-state index contributed by atoms with van der Waals surface area (Å²) in [6, 6.07) is 7.19. The van der Waals surface area contributed by atoms with Gasteiger partial charge >= 0.3 is 5.97 Å². The molecule has 0 bridgehead atoms. The number of carbonyl (C=O) groups excluding carboxylic acids is 1. The molecule has 21 heavy (non-hydrogen) atoms. The van der Waals surface area contributed by atoms with E-state index in [1.165, 1.54) is 31.3 Å². The molecule has 7 nitrogen and oxygen atoms in total. The molecule has 0 aliphatic carbocycles. The van der Waals surface area contributed by atoms with Crippen LogP contribution in [0.3, 0.4) is 0 Å². The van der Waals surface area contributed by atoms with E-state index >= 15 is 0 Å². The smallest absolute Gasteiger partial charge is 0.331 e. The van der Waals surface area contributed by atoms with Crippen LogP contribution in [-0.2, 0) is 9.63 Å². The highest BCUT2D eigenvalue weighted by Crippen LogP contribution is 2.32. The van der Waals surface area contributed by atoms with Gasteiger partial charge in [-0.3, -0.25) is 10.1 Å². The monoisotopic (exact) mass is 308 g/mol. The van der Waals surface area contributed by atoms with Crippen LogP contribution in [0.4, 0.5) is 5.69 Å². The van der Waals surface area contributed by atoms with Crippen LogP contribution >= 0.6 is 11.6 Å². The third-order valence-corrected chi connectivity index (χ3v) is 2.74. The van der Waals surface area contributed by atoms with Gasteiger partial charge in [0.1, 0.15) is 17.7 Å². The zero-order valence-electron chi connectivity index (χ0n) is 10.8. The lowest BCUT2D eigenvalue weighted by Gasteiger charge is -2.00. The molecular formula is C13H9ClN2O5. The fourth-order valence-corrected chi connectivity index (χ4v) is 1.75. The first-order valence-electron chi connectivity index (χ1n) is 5.72. The molecule has 0 saturated heterocycles. The quantitative estimate of drug-likeness (QED) is 0.373. The van der Waals surface area contributed by atoms with Gasteiger partial charge in [-0.25, -0.2) is 4.79 Å². The molecule has 1 aromatic heterocycles. The molecule has 0 radical (unpaired) electrons. The molecule has 0 N–H and O–H groups in total. The van der Waals surface area contributed by atoms with Crippen molar-refractivity contribution < 1.29 is 19.0 Å². The lowest BCUT2D eigenvalue weighted by Crippen LogP contribution is -1.91. The lowest BCUT2D eigenvalue weighted by molar-refractivity contribution is -0.384. The van der Waals surface area contributed by atoms with Crippen molar-refractivity contribution in [1.82, 2.24) is 0 Å². The minimum Gasteiger partial charge on any atom is -0.455 e. The van der Waals surface area contributed by atoms with Gasteiger partial charge in [-0.1, -0.05) is 16.8 Å². The minimum absolute atomic E-state index is 0.0964. The second kappa shape index (κ2) is 6.19. The molecule has 0 unspecified atom stereocenters. The summed E-state index contributed by atoms with van der Waals surface area (Å²) in [6.45, 7) is 1.22. The Hall–Kier alpha value is -2.67. The zero-order chi connectivity index (χ0) is 15.4. The average Bonchev–Trinajstić information content (AvgIpc) is 2.87. The lowest BCUT2D eigenvalue weighted by atomic mass is 10.1. The SMILES string of the molecule is CC(=O)O/N=C\c1ccc(-c2cc([N+](=O)[O-])ccc2Cl)o1. The summed E-state index contributed by atoms with van der Waals surface area (Å²) in [4.78, 5) is 25.2. The van der Waals surface area contributed by atoms with Gasteiger partial charge in [0.15, 0.2) is 0 Å². The number of benzene rings is 1. The maximum Gasteiger partial charge on any atom is 0.331 e. The van der Waals surface area contributed by atoms with Crippen molar-refractivity contribution in [3.63, 3.8) is 0 Å². The van der Waals surface area contributed by atoms with E-state index in [1.807, 2.05) is 0 Å². The fraction of sp³-hybridized carbons (Fsp3) is 0.0769. The van der Waals surface area contributed by atoms with Crippen LogP contribution in [-0.4, -0.2) is 17.1 Å². The number of non-ortho nitro benzene ring substituents is 1. The number of rotatable bonds is 4. The van der Waals surface area contributed by atoms with Crippen LogP contribution in [0.1, 0.15) is 12.7 Å². The maximum absolute atomic E-state index is 10.8. The predicted molar refractivity (Wildman–Crippen MR) is 75.2 cm³/mol.